The van der Waals surface area contributed by atoms with E-state index in [-0.39, 0.29) is 18.2 Å². The van der Waals surface area contributed by atoms with Crippen molar-refractivity contribution in [2.24, 2.45) is 0 Å². The molecule has 0 aliphatic carbocycles. The van der Waals surface area contributed by atoms with Crippen LogP contribution in [0.3, 0.4) is 0 Å². The lowest BCUT2D eigenvalue weighted by atomic mass is 10.1. The minimum absolute atomic E-state index is 0.0179. The molecule has 3 rings (SSSR count). The number of hydrogen-bond acceptors (Lipinski definition) is 4. The van der Waals surface area contributed by atoms with Gasteiger partial charge >= 0.3 is 12.1 Å². The van der Waals surface area contributed by atoms with E-state index in [9.17, 15) is 9.59 Å². The number of nitrogens with zero attached hydrogens (tertiary/aromatic N) is 1. The number of carbonyl (C=O) groups excluding carboxylic acids is 2. The number of ether oxygens (including phenoxy) is 2. The molecule has 0 atom stereocenters. The van der Waals surface area contributed by atoms with E-state index in [2.05, 4.69) is 10.6 Å². The van der Waals surface area contributed by atoms with Crippen molar-refractivity contribution >= 4 is 17.8 Å². The summed E-state index contributed by atoms with van der Waals surface area (Å²) in [5, 5.41) is 5.80. The van der Waals surface area contributed by atoms with Crippen LogP contribution in [0, 0.1) is 0 Å². The van der Waals surface area contributed by atoms with E-state index >= 15 is 0 Å². The van der Waals surface area contributed by atoms with E-state index in [1.807, 2.05) is 63.2 Å². The summed E-state index contributed by atoms with van der Waals surface area (Å²) in [6, 6.07) is 16.5. The van der Waals surface area contributed by atoms with E-state index in [0.29, 0.717) is 37.4 Å². The average Bonchev–Trinajstić information content (AvgIpc) is 2.69. The Morgan fingerprint density at radius 3 is 2.13 bits per heavy atom. The Hall–Kier alpha value is -3.22. The van der Waals surface area contributed by atoms with Gasteiger partial charge in [0.05, 0.1) is 0 Å². The SMILES string of the molecule is CC(C)(C)OC(=O)N1CCC(NC(=O)Nc2ccc(Oc3ccccc3)cc2)CC1. The van der Waals surface area contributed by atoms with Crippen molar-refractivity contribution in [2.45, 2.75) is 45.3 Å². The van der Waals surface area contributed by atoms with Crippen molar-refractivity contribution in [2.75, 3.05) is 18.4 Å². The maximum Gasteiger partial charge on any atom is 0.410 e. The number of hydrogen-bond donors (Lipinski definition) is 2. The van der Waals surface area contributed by atoms with Crippen molar-refractivity contribution in [1.29, 1.82) is 0 Å². The molecular formula is C23H29N3O4. The molecule has 3 amide bonds. The van der Waals surface area contributed by atoms with Crippen LogP contribution in [0.4, 0.5) is 15.3 Å². The first kappa shape index (κ1) is 21.5. The van der Waals surface area contributed by atoms with E-state index in [1.54, 1.807) is 17.0 Å². The number of piperidine rings is 1. The predicted molar refractivity (Wildman–Crippen MR) is 116 cm³/mol. The van der Waals surface area contributed by atoms with E-state index in [0.717, 1.165) is 5.75 Å². The van der Waals surface area contributed by atoms with Crippen LogP contribution < -0.4 is 15.4 Å². The Labute approximate surface area is 177 Å². The number of anilines is 1. The summed E-state index contributed by atoms with van der Waals surface area (Å²) in [5.41, 5.74) is 0.174. The molecule has 160 valence electrons. The second-order valence-electron chi connectivity index (χ2n) is 8.28. The third kappa shape index (κ3) is 6.69. The Bertz CT molecular complexity index is 839. The number of carbonyl (C=O) groups is 2. The molecule has 1 fully saturated rings. The molecule has 0 radical (unpaired) electrons. The van der Waals surface area contributed by atoms with Crippen molar-refractivity contribution in [1.82, 2.24) is 10.2 Å². The van der Waals surface area contributed by atoms with Crippen molar-refractivity contribution in [3.05, 3.63) is 54.6 Å². The van der Waals surface area contributed by atoms with Crippen LogP contribution in [0.25, 0.3) is 0 Å². The molecule has 0 saturated carbocycles. The molecule has 0 bridgehead atoms. The lowest BCUT2D eigenvalue weighted by Gasteiger charge is -2.33. The third-order valence-corrected chi connectivity index (χ3v) is 4.57. The highest BCUT2D eigenvalue weighted by molar-refractivity contribution is 5.89. The van der Waals surface area contributed by atoms with Crippen LogP contribution in [0.5, 0.6) is 11.5 Å². The van der Waals surface area contributed by atoms with Gasteiger partial charge < -0.3 is 25.0 Å². The normalized spacial score (nSPS) is 14.7. The molecule has 0 spiro atoms. The standard InChI is InChI=1S/C23H29N3O4/c1-23(2,3)30-22(28)26-15-13-18(14-16-26)25-21(27)24-17-9-11-20(12-10-17)29-19-7-5-4-6-8-19/h4-12,18H,13-16H2,1-3H3,(H2,24,25,27). The molecule has 2 aromatic rings. The number of amides is 3. The van der Waals surface area contributed by atoms with Crippen molar-refractivity contribution in [3.63, 3.8) is 0 Å². The Morgan fingerprint density at radius 2 is 1.53 bits per heavy atom. The van der Waals surface area contributed by atoms with E-state index < -0.39 is 5.60 Å². The first-order valence-electron chi connectivity index (χ1n) is 10.2. The highest BCUT2D eigenvalue weighted by Gasteiger charge is 2.27. The second-order valence-corrected chi connectivity index (χ2v) is 8.28. The van der Waals surface area contributed by atoms with Gasteiger partial charge in [-0.2, -0.15) is 0 Å². The molecule has 1 aliphatic rings. The highest BCUT2D eigenvalue weighted by Crippen LogP contribution is 2.22. The fourth-order valence-electron chi connectivity index (χ4n) is 3.12. The minimum atomic E-state index is -0.506. The zero-order chi connectivity index (χ0) is 21.6. The molecule has 0 aromatic heterocycles. The summed E-state index contributed by atoms with van der Waals surface area (Å²) in [7, 11) is 0. The fourth-order valence-corrected chi connectivity index (χ4v) is 3.12. The number of likely N-dealkylation sites (tertiary alicyclic amines) is 1. The molecule has 2 N–H and O–H groups in total. The Kier molecular flexibility index (Phi) is 6.82. The zero-order valence-electron chi connectivity index (χ0n) is 17.7. The number of benzene rings is 2. The summed E-state index contributed by atoms with van der Waals surface area (Å²) < 4.78 is 11.1. The zero-order valence-corrected chi connectivity index (χ0v) is 17.7. The first-order valence-corrected chi connectivity index (χ1v) is 10.2. The third-order valence-electron chi connectivity index (χ3n) is 4.57. The molecule has 1 saturated heterocycles. The smallest absolute Gasteiger partial charge is 0.410 e. The largest absolute Gasteiger partial charge is 0.457 e. The summed E-state index contributed by atoms with van der Waals surface area (Å²) >= 11 is 0. The molecule has 1 heterocycles. The first-order chi connectivity index (χ1) is 14.3. The van der Waals surface area contributed by atoms with Crippen LogP contribution in [0.1, 0.15) is 33.6 Å². The van der Waals surface area contributed by atoms with Crippen molar-refractivity contribution in [3.8, 4) is 11.5 Å². The summed E-state index contributed by atoms with van der Waals surface area (Å²) in [6.45, 7) is 6.67. The van der Waals surface area contributed by atoms with Gasteiger partial charge in [-0.3, -0.25) is 0 Å². The van der Waals surface area contributed by atoms with Crippen LogP contribution >= 0.6 is 0 Å². The molecule has 7 heteroatoms. The molecule has 7 nitrogen and oxygen atoms in total. The van der Waals surface area contributed by atoms with Gasteiger partial charge in [0.15, 0.2) is 0 Å². The molecule has 0 unspecified atom stereocenters. The predicted octanol–water partition coefficient (Wildman–Crippen LogP) is 5.00. The number of nitrogens with one attached hydrogen (secondary N) is 2. The van der Waals surface area contributed by atoms with Crippen LogP contribution in [-0.4, -0.2) is 41.8 Å². The van der Waals surface area contributed by atoms with E-state index in [1.165, 1.54) is 0 Å². The van der Waals surface area contributed by atoms with Crippen LogP contribution in [-0.2, 0) is 4.74 Å². The topological polar surface area (TPSA) is 79.9 Å². The monoisotopic (exact) mass is 411 g/mol. The van der Waals surface area contributed by atoms with Gasteiger partial charge in [-0.15, -0.1) is 0 Å². The van der Waals surface area contributed by atoms with Gasteiger partial charge in [-0.25, -0.2) is 9.59 Å². The van der Waals surface area contributed by atoms with Crippen molar-refractivity contribution < 1.29 is 19.1 Å². The van der Waals surface area contributed by atoms with Gasteiger partial charge in [-0.1, -0.05) is 18.2 Å². The van der Waals surface area contributed by atoms with Gasteiger partial charge in [0, 0.05) is 24.8 Å². The van der Waals surface area contributed by atoms with E-state index in [4.69, 9.17) is 9.47 Å². The minimum Gasteiger partial charge on any atom is -0.457 e. The highest BCUT2D eigenvalue weighted by atomic mass is 16.6. The number of urea groups is 1. The molecule has 1 aliphatic heterocycles. The summed E-state index contributed by atoms with van der Waals surface area (Å²) in [6.07, 6.45) is 1.08. The second kappa shape index (κ2) is 9.52. The van der Waals surface area contributed by atoms with Gasteiger partial charge in [0.1, 0.15) is 17.1 Å². The molecular weight excluding hydrogens is 382 g/mol. The average molecular weight is 412 g/mol. The van der Waals surface area contributed by atoms with Gasteiger partial charge in [-0.05, 0) is 70.0 Å². The summed E-state index contributed by atoms with van der Waals surface area (Å²) in [4.78, 5) is 26.1. The number of para-hydroxylation sites is 1. The lowest BCUT2D eigenvalue weighted by molar-refractivity contribution is 0.0202. The maximum absolute atomic E-state index is 12.3. The number of rotatable bonds is 4. The van der Waals surface area contributed by atoms with Gasteiger partial charge in [0.25, 0.3) is 0 Å². The molecule has 30 heavy (non-hydrogen) atoms. The molecule has 2 aromatic carbocycles. The fraction of sp³-hybridized carbons (Fsp3) is 0.391. The quantitative estimate of drug-likeness (QED) is 0.742. The Morgan fingerprint density at radius 1 is 0.933 bits per heavy atom. The maximum atomic E-state index is 12.3. The van der Waals surface area contributed by atoms with Crippen LogP contribution in [0.15, 0.2) is 54.6 Å². The Balaban J connectivity index is 1.42. The van der Waals surface area contributed by atoms with Crippen LogP contribution in [0.2, 0.25) is 0 Å². The lowest BCUT2D eigenvalue weighted by Crippen LogP contribution is -2.48. The van der Waals surface area contributed by atoms with Gasteiger partial charge in [0.2, 0.25) is 0 Å². The summed E-state index contributed by atoms with van der Waals surface area (Å²) in [5.74, 6) is 1.45.